The Hall–Kier alpha value is -2.14. The van der Waals surface area contributed by atoms with E-state index in [9.17, 15) is 18.0 Å². The van der Waals surface area contributed by atoms with Gasteiger partial charge in [0.2, 0.25) is 21.8 Å². The summed E-state index contributed by atoms with van der Waals surface area (Å²) >= 11 is 2.13. The number of amides is 2. The molecule has 180 valence electrons. The fraction of sp³-hybridized carbons (Fsp3) is 0.417. The van der Waals surface area contributed by atoms with Gasteiger partial charge in [0.05, 0.1) is 11.9 Å². The number of halogens is 1. The van der Waals surface area contributed by atoms with Crippen LogP contribution in [-0.4, -0.2) is 56.1 Å². The van der Waals surface area contributed by atoms with Gasteiger partial charge in [0.15, 0.2) is 0 Å². The molecule has 2 amide bonds. The topological polar surface area (TPSA) is 86.8 Å². The largest absolute Gasteiger partial charge is 0.350 e. The highest BCUT2D eigenvalue weighted by Crippen LogP contribution is 2.20. The van der Waals surface area contributed by atoms with Gasteiger partial charge in [-0.25, -0.2) is 8.42 Å². The second-order valence-electron chi connectivity index (χ2n) is 8.98. The van der Waals surface area contributed by atoms with Gasteiger partial charge in [-0.15, -0.1) is 0 Å². The van der Waals surface area contributed by atoms with Gasteiger partial charge in [0.1, 0.15) is 12.6 Å². The molecule has 0 heterocycles. The maximum atomic E-state index is 13.4. The van der Waals surface area contributed by atoms with E-state index in [0.29, 0.717) is 12.1 Å². The third kappa shape index (κ3) is 8.62. The summed E-state index contributed by atoms with van der Waals surface area (Å²) in [6, 6.07) is 15.8. The van der Waals surface area contributed by atoms with E-state index in [4.69, 9.17) is 0 Å². The number of rotatable bonds is 9. The van der Waals surface area contributed by atoms with E-state index in [1.54, 1.807) is 31.2 Å². The van der Waals surface area contributed by atoms with Crippen molar-refractivity contribution in [3.8, 4) is 0 Å². The molecular formula is C24H32IN3O4S. The second-order valence-corrected chi connectivity index (χ2v) is 12.1. The molecule has 0 aliphatic heterocycles. The lowest BCUT2D eigenvalue weighted by Crippen LogP contribution is -2.55. The highest BCUT2D eigenvalue weighted by molar-refractivity contribution is 14.1. The molecular weight excluding hydrogens is 553 g/mol. The van der Waals surface area contributed by atoms with Gasteiger partial charge in [-0.3, -0.25) is 13.9 Å². The Kier molecular flexibility index (Phi) is 9.30. The summed E-state index contributed by atoms with van der Waals surface area (Å²) in [7, 11) is -3.72. The van der Waals surface area contributed by atoms with E-state index < -0.39 is 27.5 Å². The van der Waals surface area contributed by atoms with Crippen LogP contribution in [0, 0.1) is 3.57 Å². The zero-order valence-electron chi connectivity index (χ0n) is 19.7. The molecule has 33 heavy (non-hydrogen) atoms. The molecule has 0 spiro atoms. The number of nitrogens with one attached hydrogen (secondary N) is 1. The first kappa shape index (κ1) is 27.1. The van der Waals surface area contributed by atoms with E-state index in [-0.39, 0.29) is 19.0 Å². The molecule has 2 aromatic carbocycles. The third-order valence-electron chi connectivity index (χ3n) is 4.94. The van der Waals surface area contributed by atoms with Crippen LogP contribution in [0.2, 0.25) is 0 Å². The number of carbonyl (C=O) groups is 2. The lowest BCUT2D eigenvalue weighted by molar-refractivity contribution is -0.139. The van der Waals surface area contributed by atoms with Crippen molar-refractivity contribution in [2.45, 2.75) is 45.7 Å². The summed E-state index contributed by atoms with van der Waals surface area (Å²) < 4.78 is 27.1. The summed E-state index contributed by atoms with van der Waals surface area (Å²) in [6.07, 6.45) is 1.62. The van der Waals surface area contributed by atoms with Gasteiger partial charge >= 0.3 is 0 Å². The van der Waals surface area contributed by atoms with Gasteiger partial charge in [0.25, 0.3) is 0 Å². The van der Waals surface area contributed by atoms with Crippen LogP contribution < -0.4 is 9.62 Å². The molecule has 1 N–H and O–H groups in total. The van der Waals surface area contributed by atoms with Crippen molar-refractivity contribution in [1.29, 1.82) is 0 Å². The molecule has 1 atom stereocenters. The molecule has 0 fully saturated rings. The lowest BCUT2D eigenvalue weighted by Gasteiger charge is -2.33. The molecule has 7 nitrogen and oxygen atoms in total. The predicted molar refractivity (Wildman–Crippen MR) is 141 cm³/mol. The first-order valence-electron chi connectivity index (χ1n) is 10.7. The molecule has 0 radical (unpaired) electrons. The highest BCUT2D eigenvalue weighted by Gasteiger charge is 2.31. The van der Waals surface area contributed by atoms with Crippen molar-refractivity contribution < 1.29 is 18.0 Å². The standard InChI is InChI=1S/C24H32IN3O4S/c1-18(23(30)26-24(2,3)4)27(16-15-19-9-7-6-8-10-19)22(29)17-28(33(5,31)32)21-13-11-20(25)12-14-21/h6-14,18H,15-17H2,1-5H3,(H,26,30). The van der Waals surface area contributed by atoms with Crippen molar-refractivity contribution in [2.75, 3.05) is 23.7 Å². The number of sulfonamides is 1. The normalized spacial score (nSPS) is 12.7. The first-order valence-corrected chi connectivity index (χ1v) is 13.6. The Balaban J connectivity index is 2.31. The number of hydrogen-bond donors (Lipinski definition) is 1. The number of carbonyl (C=O) groups excluding carboxylic acids is 2. The zero-order chi connectivity index (χ0) is 24.8. The average molecular weight is 586 g/mol. The monoisotopic (exact) mass is 585 g/mol. The second kappa shape index (κ2) is 11.3. The number of hydrogen-bond acceptors (Lipinski definition) is 4. The van der Waals surface area contributed by atoms with Crippen LogP contribution in [0.15, 0.2) is 54.6 Å². The van der Waals surface area contributed by atoms with Crippen LogP contribution in [0.25, 0.3) is 0 Å². The maximum absolute atomic E-state index is 13.4. The van der Waals surface area contributed by atoms with E-state index >= 15 is 0 Å². The van der Waals surface area contributed by atoms with Crippen molar-refractivity contribution in [3.63, 3.8) is 0 Å². The van der Waals surface area contributed by atoms with Crippen molar-refractivity contribution in [1.82, 2.24) is 10.2 Å². The van der Waals surface area contributed by atoms with Crippen LogP contribution in [0.5, 0.6) is 0 Å². The van der Waals surface area contributed by atoms with Crippen LogP contribution >= 0.6 is 22.6 Å². The minimum atomic E-state index is -3.72. The Bertz CT molecular complexity index is 1050. The lowest BCUT2D eigenvalue weighted by atomic mass is 10.1. The third-order valence-corrected chi connectivity index (χ3v) is 6.80. The molecule has 0 saturated carbocycles. The van der Waals surface area contributed by atoms with Crippen LogP contribution in [-0.2, 0) is 26.0 Å². The molecule has 0 aromatic heterocycles. The summed E-state index contributed by atoms with van der Waals surface area (Å²) in [5.74, 6) is -0.726. The number of benzene rings is 2. The van der Waals surface area contributed by atoms with Crippen molar-refractivity contribution in [3.05, 3.63) is 63.7 Å². The van der Waals surface area contributed by atoms with E-state index in [0.717, 1.165) is 19.7 Å². The van der Waals surface area contributed by atoms with E-state index in [1.807, 2.05) is 51.1 Å². The van der Waals surface area contributed by atoms with Crippen molar-refractivity contribution in [2.24, 2.45) is 0 Å². The van der Waals surface area contributed by atoms with Gasteiger partial charge in [-0.2, -0.15) is 0 Å². The van der Waals surface area contributed by atoms with Gasteiger partial charge in [-0.05, 0) is 86.5 Å². The minimum absolute atomic E-state index is 0.284. The van der Waals surface area contributed by atoms with Gasteiger partial charge in [0, 0.05) is 15.7 Å². The quantitative estimate of drug-likeness (QED) is 0.457. The Morgan fingerprint density at radius 3 is 2.12 bits per heavy atom. The van der Waals surface area contributed by atoms with E-state index in [2.05, 4.69) is 27.9 Å². The Morgan fingerprint density at radius 1 is 1.03 bits per heavy atom. The number of nitrogens with zero attached hydrogens (tertiary/aromatic N) is 2. The molecule has 0 aliphatic carbocycles. The predicted octanol–water partition coefficient (Wildman–Crippen LogP) is 3.43. The van der Waals surface area contributed by atoms with Gasteiger partial charge < -0.3 is 10.2 Å². The summed E-state index contributed by atoms with van der Waals surface area (Å²) in [6.45, 7) is 7.18. The van der Waals surface area contributed by atoms with Gasteiger partial charge in [-0.1, -0.05) is 30.3 Å². The molecule has 2 aromatic rings. The van der Waals surface area contributed by atoms with Crippen LogP contribution in [0.3, 0.4) is 0 Å². The summed E-state index contributed by atoms with van der Waals surface area (Å²) in [4.78, 5) is 27.7. The summed E-state index contributed by atoms with van der Waals surface area (Å²) in [5.41, 5.74) is 0.969. The molecule has 0 bridgehead atoms. The highest BCUT2D eigenvalue weighted by atomic mass is 127. The zero-order valence-corrected chi connectivity index (χ0v) is 22.7. The molecule has 1 unspecified atom stereocenters. The fourth-order valence-corrected chi connectivity index (χ4v) is 4.47. The molecule has 0 saturated heterocycles. The van der Waals surface area contributed by atoms with Crippen LogP contribution in [0.1, 0.15) is 33.3 Å². The summed E-state index contributed by atoms with van der Waals surface area (Å²) in [5, 5.41) is 2.91. The maximum Gasteiger partial charge on any atom is 0.244 e. The molecule has 0 aliphatic rings. The average Bonchev–Trinajstić information content (AvgIpc) is 2.71. The Labute approximate surface area is 210 Å². The Morgan fingerprint density at radius 2 is 1.61 bits per heavy atom. The van der Waals surface area contributed by atoms with E-state index in [1.165, 1.54) is 4.90 Å². The minimum Gasteiger partial charge on any atom is -0.350 e. The van der Waals surface area contributed by atoms with Crippen LogP contribution in [0.4, 0.5) is 5.69 Å². The fourth-order valence-electron chi connectivity index (χ4n) is 3.27. The van der Waals surface area contributed by atoms with Crippen molar-refractivity contribution >= 4 is 50.1 Å². The first-order chi connectivity index (χ1) is 15.3. The SMILES string of the molecule is CC(C(=O)NC(C)(C)C)N(CCc1ccccc1)C(=O)CN(c1ccc(I)cc1)S(C)(=O)=O. The smallest absolute Gasteiger partial charge is 0.244 e. The molecule has 2 rings (SSSR count). The number of anilines is 1. The molecule has 9 heteroatoms.